The molecule has 0 amide bonds. The zero-order chi connectivity index (χ0) is 18.1. The van der Waals surface area contributed by atoms with Crippen molar-refractivity contribution in [2.75, 3.05) is 0 Å². The Labute approximate surface area is 146 Å². The van der Waals surface area contributed by atoms with Crippen LogP contribution in [0.3, 0.4) is 0 Å². The summed E-state index contributed by atoms with van der Waals surface area (Å²) in [5.74, 6) is 0.455. The molecule has 0 aliphatic heterocycles. The number of non-ortho nitro benzene ring substituents is 1. The molecule has 3 aromatic heterocycles. The van der Waals surface area contributed by atoms with Crippen LogP contribution in [0.15, 0.2) is 53.2 Å². The number of nitrogens with zero attached hydrogens (tertiary/aromatic N) is 7. The van der Waals surface area contributed by atoms with Crippen molar-refractivity contribution in [3.63, 3.8) is 0 Å². The lowest BCUT2D eigenvalue weighted by Crippen LogP contribution is -1.99. The molecule has 4 aromatic rings. The molecule has 128 valence electrons. The summed E-state index contributed by atoms with van der Waals surface area (Å²) in [7, 11) is 0. The van der Waals surface area contributed by atoms with E-state index in [1.165, 1.54) is 12.1 Å². The van der Waals surface area contributed by atoms with Gasteiger partial charge in [0.1, 0.15) is 0 Å². The van der Waals surface area contributed by atoms with Gasteiger partial charge in [-0.2, -0.15) is 0 Å². The minimum absolute atomic E-state index is 0.0104. The van der Waals surface area contributed by atoms with Crippen molar-refractivity contribution in [2.24, 2.45) is 0 Å². The third-order valence-electron chi connectivity index (χ3n) is 3.74. The predicted octanol–water partition coefficient (Wildman–Crippen LogP) is 2.60. The fourth-order valence-corrected chi connectivity index (χ4v) is 2.41. The summed E-state index contributed by atoms with van der Waals surface area (Å²) in [6, 6.07) is 9.51. The summed E-state index contributed by atoms with van der Waals surface area (Å²) >= 11 is 0. The number of nitro groups is 1. The van der Waals surface area contributed by atoms with Crippen molar-refractivity contribution >= 4 is 5.69 Å². The molecular formula is C16H11N7O3. The van der Waals surface area contributed by atoms with Crippen molar-refractivity contribution in [1.29, 1.82) is 0 Å². The first-order chi connectivity index (χ1) is 12.6. The van der Waals surface area contributed by atoms with Gasteiger partial charge in [-0.05, 0) is 31.2 Å². The van der Waals surface area contributed by atoms with Gasteiger partial charge >= 0.3 is 0 Å². The highest BCUT2D eigenvalue weighted by Gasteiger charge is 2.19. The molecule has 10 heteroatoms. The maximum atomic E-state index is 10.7. The van der Waals surface area contributed by atoms with Crippen LogP contribution in [-0.4, -0.2) is 35.1 Å². The Kier molecular flexibility index (Phi) is 3.69. The summed E-state index contributed by atoms with van der Waals surface area (Å²) in [5.41, 5.74) is 2.50. The quantitative estimate of drug-likeness (QED) is 0.406. The normalized spacial score (nSPS) is 10.8. The Bertz CT molecular complexity index is 1070. The molecule has 0 radical (unpaired) electrons. The van der Waals surface area contributed by atoms with Crippen LogP contribution in [0.5, 0.6) is 0 Å². The molecule has 0 N–H and O–H groups in total. The second kappa shape index (κ2) is 6.16. The Balaban J connectivity index is 1.66. The molecule has 4 rings (SSSR count). The lowest BCUT2D eigenvalue weighted by molar-refractivity contribution is -0.384. The Morgan fingerprint density at radius 2 is 1.85 bits per heavy atom. The second-order valence-corrected chi connectivity index (χ2v) is 5.36. The molecule has 0 spiro atoms. The summed E-state index contributed by atoms with van der Waals surface area (Å²) in [5, 5.41) is 26.9. The number of hydrogen-bond acceptors (Lipinski definition) is 8. The zero-order valence-electron chi connectivity index (χ0n) is 13.5. The van der Waals surface area contributed by atoms with E-state index in [0.717, 1.165) is 11.4 Å². The van der Waals surface area contributed by atoms with Crippen LogP contribution in [0.1, 0.15) is 5.69 Å². The maximum absolute atomic E-state index is 10.7. The highest BCUT2D eigenvalue weighted by Crippen LogP contribution is 2.26. The van der Waals surface area contributed by atoms with Crippen molar-refractivity contribution in [1.82, 2.24) is 30.2 Å². The van der Waals surface area contributed by atoms with Gasteiger partial charge in [-0.1, -0.05) is 5.21 Å². The van der Waals surface area contributed by atoms with Gasteiger partial charge in [-0.15, -0.1) is 15.3 Å². The second-order valence-electron chi connectivity index (χ2n) is 5.36. The summed E-state index contributed by atoms with van der Waals surface area (Å²) in [6.45, 7) is 1.83. The van der Waals surface area contributed by atoms with Gasteiger partial charge in [-0.25, -0.2) is 4.68 Å². The molecule has 10 nitrogen and oxygen atoms in total. The van der Waals surface area contributed by atoms with E-state index in [4.69, 9.17) is 4.42 Å². The maximum Gasteiger partial charge on any atom is 0.270 e. The van der Waals surface area contributed by atoms with Crippen LogP contribution in [0.2, 0.25) is 0 Å². The topological polar surface area (TPSA) is 126 Å². The number of pyridine rings is 1. The third kappa shape index (κ3) is 2.69. The number of rotatable bonds is 4. The van der Waals surface area contributed by atoms with Crippen LogP contribution < -0.4 is 0 Å². The standard InChI is InChI=1S/C16H11N7O3/c1-10-14(18-21-22(10)13-3-2-8-17-9-13)16-20-19-15(26-16)11-4-6-12(7-5-11)23(24)25/h2-9H,1H3. The van der Waals surface area contributed by atoms with Crippen LogP contribution in [0, 0.1) is 17.0 Å². The van der Waals surface area contributed by atoms with E-state index >= 15 is 0 Å². The molecule has 0 saturated heterocycles. The third-order valence-corrected chi connectivity index (χ3v) is 3.74. The van der Waals surface area contributed by atoms with E-state index in [0.29, 0.717) is 11.3 Å². The van der Waals surface area contributed by atoms with Crippen molar-refractivity contribution in [2.45, 2.75) is 6.92 Å². The molecule has 1 aromatic carbocycles. The highest BCUT2D eigenvalue weighted by atomic mass is 16.6. The molecule has 0 aliphatic carbocycles. The summed E-state index contributed by atoms with van der Waals surface area (Å²) < 4.78 is 7.29. The van der Waals surface area contributed by atoms with E-state index in [9.17, 15) is 10.1 Å². The molecule has 26 heavy (non-hydrogen) atoms. The number of aromatic nitrogens is 6. The molecule has 3 heterocycles. The van der Waals surface area contributed by atoms with Gasteiger partial charge in [0, 0.05) is 23.9 Å². The lowest BCUT2D eigenvalue weighted by Gasteiger charge is -2.01. The lowest BCUT2D eigenvalue weighted by atomic mass is 10.2. The van der Waals surface area contributed by atoms with E-state index < -0.39 is 4.92 Å². The Morgan fingerprint density at radius 1 is 1.08 bits per heavy atom. The molecule has 0 unspecified atom stereocenters. The number of hydrogen-bond donors (Lipinski definition) is 0. The molecule has 0 atom stereocenters. The van der Waals surface area contributed by atoms with E-state index in [1.807, 2.05) is 13.0 Å². The largest absolute Gasteiger partial charge is 0.414 e. The first kappa shape index (κ1) is 15.6. The van der Waals surface area contributed by atoms with Gasteiger partial charge in [0.2, 0.25) is 5.89 Å². The van der Waals surface area contributed by atoms with Crippen LogP contribution >= 0.6 is 0 Å². The van der Waals surface area contributed by atoms with Crippen molar-refractivity contribution in [3.05, 3.63) is 64.6 Å². The first-order valence-corrected chi connectivity index (χ1v) is 7.55. The summed E-state index contributed by atoms with van der Waals surface area (Å²) in [4.78, 5) is 14.3. The number of benzene rings is 1. The van der Waals surface area contributed by atoms with E-state index in [-0.39, 0.29) is 17.5 Å². The van der Waals surface area contributed by atoms with Crippen LogP contribution in [-0.2, 0) is 0 Å². The summed E-state index contributed by atoms with van der Waals surface area (Å²) in [6.07, 6.45) is 3.34. The van der Waals surface area contributed by atoms with Crippen LogP contribution in [0.25, 0.3) is 28.7 Å². The van der Waals surface area contributed by atoms with Crippen molar-refractivity contribution in [3.8, 4) is 28.7 Å². The molecule has 0 fully saturated rings. The zero-order valence-corrected chi connectivity index (χ0v) is 13.5. The average Bonchev–Trinajstić information content (AvgIpc) is 3.29. The number of nitro benzene ring substituents is 1. The molecular weight excluding hydrogens is 338 g/mol. The fourth-order valence-electron chi connectivity index (χ4n) is 2.41. The smallest absolute Gasteiger partial charge is 0.270 e. The Hall–Kier alpha value is -3.95. The molecule has 0 aliphatic rings. The SMILES string of the molecule is Cc1c(-c2nnc(-c3ccc([N+](=O)[O-])cc3)o2)nnn1-c1cccnc1. The minimum atomic E-state index is -0.469. The molecule has 0 saturated carbocycles. The van der Waals surface area contributed by atoms with Crippen LogP contribution in [0.4, 0.5) is 5.69 Å². The monoisotopic (exact) mass is 349 g/mol. The van der Waals surface area contributed by atoms with Gasteiger partial charge in [0.25, 0.3) is 11.6 Å². The molecule has 0 bridgehead atoms. The first-order valence-electron chi connectivity index (χ1n) is 7.55. The minimum Gasteiger partial charge on any atom is -0.414 e. The van der Waals surface area contributed by atoms with E-state index in [1.54, 1.807) is 35.3 Å². The van der Waals surface area contributed by atoms with Crippen molar-refractivity contribution < 1.29 is 9.34 Å². The predicted molar refractivity (Wildman–Crippen MR) is 89.3 cm³/mol. The Morgan fingerprint density at radius 3 is 2.54 bits per heavy atom. The highest BCUT2D eigenvalue weighted by molar-refractivity contribution is 5.58. The van der Waals surface area contributed by atoms with Gasteiger partial charge in [-0.3, -0.25) is 15.1 Å². The van der Waals surface area contributed by atoms with Gasteiger partial charge < -0.3 is 4.42 Å². The van der Waals surface area contributed by atoms with Gasteiger partial charge in [0.05, 0.1) is 22.5 Å². The van der Waals surface area contributed by atoms with Gasteiger partial charge in [0.15, 0.2) is 5.69 Å². The van der Waals surface area contributed by atoms with E-state index in [2.05, 4.69) is 25.5 Å². The fraction of sp³-hybridized carbons (Fsp3) is 0.0625. The average molecular weight is 349 g/mol.